The normalized spacial score (nSPS) is 13.3. The molecular formula is C126H85N9O4. The summed E-state index contributed by atoms with van der Waals surface area (Å²) in [4.78, 5) is 44.9. The largest absolute Gasteiger partial charge is 0.456 e. The summed E-state index contributed by atoms with van der Waals surface area (Å²) in [6, 6.07) is 140. The highest BCUT2D eigenvalue weighted by molar-refractivity contribution is 6.12. The number of fused-ring (bicyclic) bond motifs is 21. The minimum atomic E-state index is -0.303. The molecule has 0 N–H and O–H groups in total. The molecule has 18 aromatic carbocycles. The van der Waals surface area contributed by atoms with Crippen LogP contribution >= 0.6 is 0 Å². The van der Waals surface area contributed by atoms with E-state index in [0.29, 0.717) is 52.4 Å². The lowest BCUT2D eigenvalue weighted by molar-refractivity contribution is 0.658. The van der Waals surface area contributed by atoms with Crippen LogP contribution in [0.4, 0.5) is 0 Å². The van der Waals surface area contributed by atoms with E-state index in [1.807, 2.05) is 218 Å². The highest BCUT2D eigenvalue weighted by Crippen LogP contribution is 2.58. The molecular weight excluding hydrogens is 1700 g/mol. The first-order valence-corrected chi connectivity index (χ1v) is 47.1. The molecule has 13 heteroatoms. The van der Waals surface area contributed by atoms with Crippen molar-refractivity contribution in [1.82, 2.24) is 44.9 Å². The number of para-hydroxylation sites is 4. The molecule has 7 heterocycles. The lowest BCUT2D eigenvalue weighted by atomic mass is 9.78. The minimum Gasteiger partial charge on any atom is -0.456 e. The fourth-order valence-electron chi connectivity index (χ4n) is 21.7. The maximum absolute atomic E-state index is 6.32. The van der Waals surface area contributed by atoms with Crippen LogP contribution in [-0.4, -0.2) is 44.9 Å². The number of hydrogen-bond donors (Lipinski definition) is 0. The summed E-state index contributed by atoms with van der Waals surface area (Å²) >= 11 is 0. The lowest BCUT2D eigenvalue weighted by Gasteiger charge is -2.24. The Balaban J connectivity index is 0.000000108. The van der Waals surface area contributed by atoms with E-state index in [1.165, 1.54) is 83.3 Å². The average Bonchev–Trinajstić information content (AvgIpc) is 1.56. The van der Waals surface area contributed by atoms with Gasteiger partial charge in [-0.05, 0) is 174 Å². The Kier molecular flexibility index (Phi) is 19.0. The Morgan fingerprint density at radius 3 is 0.734 bits per heavy atom. The zero-order valence-electron chi connectivity index (χ0n) is 76.8. The molecule has 3 aliphatic carbocycles. The second kappa shape index (κ2) is 32.2. The summed E-state index contributed by atoms with van der Waals surface area (Å²) in [6.07, 6.45) is 0. The van der Waals surface area contributed by atoms with Crippen molar-refractivity contribution in [3.05, 3.63) is 440 Å². The van der Waals surface area contributed by atoms with Crippen LogP contribution in [0.1, 0.15) is 74.9 Å². The summed E-state index contributed by atoms with van der Waals surface area (Å²) in [5.74, 6) is 5.84. The summed E-state index contributed by atoms with van der Waals surface area (Å²) in [5.41, 5.74) is 35.0. The Morgan fingerprint density at radius 2 is 0.374 bits per heavy atom. The van der Waals surface area contributed by atoms with Gasteiger partial charge in [0.25, 0.3) is 0 Å². The number of nitrogens with zero attached hydrogens (tertiary/aromatic N) is 9. The van der Waals surface area contributed by atoms with Crippen molar-refractivity contribution in [3.63, 3.8) is 0 Å². The smallest absolute Gasteiger partial charge is 0.164 e. The van der Waals surface area contributed by atoms with Crippen LogP contribution in [0.3, 0.4) is 0 Å². The first kappa shape index (κ1) is 81.9. The van der Waals surface area contributed by atoms with Crippen LogP contribution in [0.25, 0.3) is 246 Å². The zero-order chi connectivity index (χ0) is 92.9. The highest BCUT2D eigenvalue weighted by Gasteiger charge is 2.43. The molecule has 0 saturated heterocycles. The van der Waals surface area contributed by atoms with Crippen molar-refractivity contribution in [2.45, 2.75) is 57.8 Å². The monoisotopic (exact) mass is 1790 g/mol. The maximum atomic E-state index is 6.32. The SMILES string of the molecule is CC1(C)c2cc3c(cc2-c2cccc(-c4ccc(-c5nc(-c6ccccc6)nc(-c6ccccc6)n5)cc4)c21)oc1ccccc13.CC1(C)c2cc3c(cc2-c2cccc(-c4cccc(-c5nc(-c6ccccc6)nc(-c6ccccc6)n5)c4)c21)oc1ccccc13.CC1(C)c2cc3c(cc2-c2cccc(-c4nc(-c5ccccc5)nc(-c5ccc6oc7ccccc7c6c5)n4)c21)oc1ccccc13. The molecule has 25 aromatic rings. The van der Waals surface area contributed by atoms with Crippen molar-refractivity contribution >= 4 is 87.8 Å². The zero-order valence-corrected chi connectivity index (χ0v) is 76.8. The van der Waals surface area contributed by atoms with Gasteiger partial charge in [0.15, 0.2) is 52.4 Å². The van der Waals surface area contributed by atoms with Crippen LogP contribution < -0.4 is 0 Å². The van der Waals surface area contributed by atoms with Gasteiger partial charge in [-0.2, -0.15) is 0 Å². The van der Waals surface area contributed by atoms with Crippen molar-refractivity contribution in [2.24, 2.45) is 0 Å². The van der Waals surface area contributed by atoms with E-state index in [-0.39, 0.29) is 16.2 Å². The minimum absolute atomic E-state index is 0.185. The van der Waals surface area contributed by atoms with Crippen molar-refractivity contribution in [3.8, 4) is 158 Å². The molecule has 0 saturated carbocycles. The Morgan fingerprint density at radius 1 is 0.144 bits per heavy atom. The van der Waals surface area contributed by atoms with Gasteiger partial charge in [0, 0.05) is 109 Å². The second-order valence-corrected chi connectivity index (χ2v) is 37.8. The first-order valence-electron chi connectivity index (χ1n) is 47.1. The Bertz CT molecular complexity index is 9170. The highest BCUT2D eigenvalue weighted by atomic mass is 16.3. The molecule has 0 spiro atoms. The lowest BCUT2D eigenvalue weighted by Crippen LogP contribution is -2.17. The molecule has 3 aliphatic rings. The van der Waals surface area contributed by atoms with Gasteiger partial charge in [0.05, 0.1) is 0 Å². The average molecular weight is 1790 g/mol. The molecule has 28 rings (SSSR count). The van der Waals surface area contributed by atoms with Gasteiger partial charge < -0.3 is 17.7 Å². The molecule has 0 unspecified atom stereocenters. The van der Waals surface area contributed by atoms with Crippen LogP contribution in [-0.2, 0) is 16.2 Å². The molecule has 0 amide bonds. The Hall–Kier alpha value is -17.8. The summed E-state index contributed by atoms with van der Waals surface area (Å²) in [6.45, 7) is 13.9. The van der Waals surface area contributed by atoms with Gasteiger partial charge in [0.2, 0.25) is 0 Å². The standard InChI is InChI=1S/C42H27N3O2.2C42H29N3O/c1-42(2)33-22-32-27-14-7-9-18-35(27)47-37(32)23-30(33)28-15-10-16-29(38(28)42)41-44-39(24-11-4-3-5-12-24)43-40(45-41)25-19-20-36-31(21-25)26-13-6-8-17-34(26)46-36;1-42(2)35-24-34-31-19-9-10-22-36(31)46-37(34)25-33(35)32-21-12-20-30(38(32)42)28-17-11-18-29(23-28)41-44-39(26-13-5-3-6-14-26)43-40(45-41)27-15-7-4-8-16-27;1-42(2)35-24-34-31-16-9-10-19-36(31)46-37(34)25-33(35)32-18-11-17-30(38(32)42)26-20-22-29(23-21-26)41-44-39(27-12-5-3-6-13-27)43-40(45-41)28-14-7-4-8-15-28/h3-23H,1-2H3;2*3-25H,1-2H3. The second-order valence-electron chi connectivity index (χ2n) is 37.8. The van der Waals surface area contributed by atoms with E-state index < -0.39 is 0 Å². The molecule has 0 atom stereocenters. The summed E-state index contributed by atoms with van der Waals surface area (Å²) < 4.78 is 25.0. The predicted molar refractivity (Wildman–Crippen MR) is 561 cm³/mol. The van der Waals surface area contributed by atoms with E-state index in [0.717, 1.165) is 144 Å². The topological polar surface area (TPSA) is 169 Å². The summed E-state index contributed by atoms with van der Waals surface area (Å²) in [7, 11) is 0. The number of furan rings is 4. The van der Waals surface area contributed by atoms with Gasteiger partial charge in [-0.25, -0.2) is 44.9 Å². The van der Waals surface area contributed by atoms with Crippen molar-refractivity contribution in [1.29, 1.82) is 0 Å². The van der Waals surface area contributed by atoms with E-state index in [1.54, 1.807) is 0 Å². The molecule has 0 bridgehead atoms. The summed E-state index contributed by atoms with van der Waals surface area (Å²) in [5, 5.41) is 9.03. The van der Waals surface area contributed by atoms with Crippen molar-refractivity contribution < 1.29 is 17.7 Å². The Labute approximate surface area is 800 Å². The number of benzene rings is 18. The van der Waals surface area contributed by atoms with E-state index in [4.69, 9.17) is 62.5 Å². The van der Waals surface area contributed by atoms with Crippen LogP contribution in [0.15, 0.2) is 424 Å². The van der Waals surface area contributed by atoms with E-state index >= 15 is 0 Å². The molecule has 0 radical (unpaired) electrons. The quantitative estimate of drug-likeness (QED) is 0.120. The fraction of sp³-hybridized carbons (Fsp3) is 0.0714. The van der Waals surface area contributed by atoms with Crippen LogP contribution in [0, 0.1) is 0 Å². The number of hydrogen-bond acceptors (Lipinski definition) is 13. The molecule has 658 valence electrons. The predicted octanol–water partition coefficient (Wildman–Crippen LogP) is 32.5. The fourth-order valence-corrected chi connectivity index (χ4v) is 21.7. The van der Waals surface area contributed by atoms with Crippen LogP contribution in [0.5, 0.6) is 0 Å². The molecule has 13 nitrogen and oxygen atoms in total. The molecule has 139 heavy (non-hydrogen) atoms. The van der Waals surface area contributed by atoms with Gasteiger partial charge in [-0.3, -0.25) is 0 Å². The third-order valence-corrected chi connectivity index (χ3v) is 28.3. The molecule has 0 aliphatic heterocycles. The first-order chi connectivity index (χ1) is 68.1. The van der Waals surface area contributed by atoms with Crippen molar-refractivity contribution in [2.75, 3.05) is 0 Å². The van der Waals surface area contributed by atoms with E-state index in [2.05, 4.69) is 230 Å². The third kappa shape index (κ3) is 13.8. The number of rotatable bonds is 11. The molecule has 7 aromatic heterocycles. The van der Waals surface area contributed by atoms with Gasteiger partial charge >= 0.3 is 0 Å². The van der Waals surface area contributed by atoms with Gasteiger partial charge in [0.1, 0.15) is 44.7 Å². The van der Waals surface area contributed by atoms with E-state index in [9.17, 15) is 0 Å². The van der Waals surface area contributed by atoms with Gasteiger partial charge in [-0.1, -0.05) is 363 Å². The van der Waals surface area contributed by atoms with Gasteiger partial charge in [-0.15, -0.1) is 0 Å². The van der Waals surface area contributed by atoms with Crippen LogP contribution in [0.2, 0.25) is 0 Å². The molecule has 0 fully saturated rings. The third-order valence-electron chi connectivity index (χ3n) is 28.3. The number of aromatic nitrogens is 9. The maximum Gasteiger partial charge on any atom is 0.164 e.